The van der Waals surface area contributed by atoms with Crippen molar-refractivity contribution in [2.24, 2.45) is 0 Å². The molecule has 4 heteroatoms. The quantitative estimate of drug-likeness (QED) is 0.132. The van der Waals surface area contributed by atoms with Gasteiger partial charge in [-0.3, -0.25) is 0 Å². The van der Waals surface area contributed by atoms with Gasteiger partial charge in [0.2, 0.25) is 0 Å². The molecule has 0 aliphatic heterocycles. The first-order chi connectivity index (χ1) is 35.2. The number of fused-ring (bicyclic) bond motifs is 7. The van der Waals surface area contributed by atoms with E-state index in [2.05, 4.69) is 306 Å². The molecule has 0 aromatic heterocycles. The highest BCUT2D eigenvalue weighted by Gasteiger charge is 2.54. The normalized spacial score (nSPS) is 15.3. The van der Waals surface area contributed by atoms with Gasteiger partial charge in [0.15, 0.2) is 0 Å². The molecule has 2 aliphatic carbocycles. The molecular weight excluding hydrogens is 861 g/mol. The lowest BCUT2D eigenvalue weighted by Crippen LogP contribution is -2.27. The van der Waals surface area contributed by atoms with Gasteiger partial charge in [0.25, 0.3) is 0 Å². The number of para-hydroxylation sites is 7. The molecule has 0 radical (unpaired) electrons. The second-order valence-electron chi connectivity index (χ2n) is 18.1. The van der Waals surface area contributed by atoms with Crippen LogP contribution in [0.3, 0.4) is 0 Å². The second-order valence-corrected chi connectivity index (χ2v) is 18.1. The van der Waals surface area contributed by atoms with E-state index in [1.807, 2.05) is 0 Å². The number of rotatable bonds is 12. The minimum absolute atomic E-state index is 0.656. The predicted molar refractivity (Wildman–Crippen MR) is 299 cm³/mol. The van der Waals surface area contributed by atoms with Gasteiger partial charge in [-0.2, -0.15) is 0 Å². The van der Waals surface area contributed by atoms with Crippen molar-refractivity contribution >= 4 is 62.4 Å². The molecule has 0 amide bonds. The topological polar surface area (TPSA) is 21.8 Å². The number of nitrogens with one attached hydrogen (secondary N) is 1. The Morgan fingerprint density at radius 2 is 0.718 bits per heavy atom. The van der Waals surface area contributed by atoms with Crippen LogP contribution in [0.4, 0.5) is 56.9 Å². The first-order valence-electron chi connectivity index (χ1n) is 24.5. The molecule has 2 aliphatic rings. The van der Waals surface area contributed by atoms with Crippen molar-refractivity contribution in [3.8, 4) is 11.1 Å². The van der Waals surface area contributed by atoms with Crippen LogP contribution in [0.2, 0.25) is 0 Å². The van der Waals surface area contributed by atoms with Crippen LogP contribution in [-0.2, 0) is 5.41 Å². The summed E-state index contributed by atoms with van der Waals surface area (Å²) in [5.41, 5.74) is 20.1. The standard InChI is InChI=1S/C67H52N4/c1-2-63-62(44-45-69(51-26-12-4-13-27-51)52-28-14-5-15-29-52)61-43-40-58(71(55-34-20-8-21-35-55)56-36-22-9-23-37-56)48-66(61)67(63)64-46-50(68-49-24-10-3-11-25-49)38-41-59(64)60-42-39-57(47-65(60)67)70(53-30-16-6-17-31-53)54-32-18-7-19-33-54/h2-44,46-48,68H,45H2,1H3/b62-44-,63-2+. The molecule has 71 heavy (non-hydrogen) atoms. The van der Waals surface area contributed by atoms with E-state index in [1.54, 1.807) is 0 Å². The lowest BCUT2D eigenvalue weighted by Gasteiger charge is -2.34. The van der Waals surface area contributed by atoms with E-state index in [0.717, 1.165) is 56.9 Å². The van der Waals surface area contributed by atoms with Crippen molar-refractivity contribution in [3.63, 3.8) is 0 Å². The number of hydrogen-bond acceptors (Lipinski definition) is 4. The van der Waals surface area contributed by atoms with Crippen molar-refractivity contribution in [1.29, 1.82) is 0 Å². The van der Waals surface area contributed by atoms with Crippen LogP contribution in [0.15, 0.2) is 285 Å². The van der Waals surface area contributed by atoms with Crippen molar-refractivity contribution in [2.75, 3.05) is 26.6 Å². The highest BCUT2D eigenvalue weighted by atomic mass is 15.2. The molecule has 340 valence electrons. The van der Waals surface area contributed by atoms with Gasteiger partial charge in [-0.15, -0.1) is 0 Å². The van der Waals surface area contributed by atoms with E-state index < -0.39 is 5.41 Å². The molecule has 0 saturated carbocycles. The van der Waals surface area contributed by atoms with Gasteiger partial charge in [-0.25, -0.2) is 0 Å². The number of nitrogens with zero attached hydrogens (tertiary/aromatic N) is 3. The summed E-state index contributed by atoms with van der Waals surface area (Å²) >= 11 is 0. The first-order valence-corrected chi connectivity index (χ1v) is 24.5. The Balaban J connectivity index is 1.14. The van der Waals surface area contributed by atoms with Gasteiger partial charge in [0, 0.05) is 63.4 Å². The van der Waals surface area contributed by atoms with E-state index >= 15 is 0 Å². The smallest absolute Gasteiger partial charge is 0.0724 e. The Kier molecular flexibility index (Phi) is 11.4. The van der Waals surface area contributed by atoms with Crippen molar-refractivity contribution < 1.29 is 0 Å². The third-order valence-corrected chi connectivity index (χ3v) is 14.1. The van der Waals surface area contributed by atoms with Gasteiger partial charge < -0.3 is 20.0 Å². The molecular formula is C67H52N4. The van der Waals surface area contributed by atoms with E-state index in [-0.39, 0.29) is 0 Å². The van der Waals surface area contributed by atoms with Crippen LogP contribution in [0.5, 0.6) is 0 Å². The van der Waals surface area contributed by atoms with Crippen molar-refractivity contribution in [3.05, 3.63) is 307 Å². The fraction of sp³-hybridized carbons (Fsp3) is 0.0448. The highest BCUT2D eigenvalue weighted by Crippen LogP contribution is 2.65. The summed E-state index contributed by atoms with van der Waals surface area (Å²) in [7, 11) is 0. The molecule has 12 rings (SSSR count). The molecule has 0 saturated heterocycles. The summed E-state index contributed by atoms with van der Waals surface area (Å²) in [5.74, 6) is 0. The number of anilines is 10. The zero-order valence-corrected chi connectivity index (χ0v) is 39.6. The molecule has 1 N–H and O–H groups in total. The van der Waals surface area contributed by atoms with Gasteiger partial charge in [0.1, 0.15) is 0 Å². The van der Waals surface area contributed by atoms with E-state index in [9.17, 15) is 0 Å². The maximum atomic E-state index is 3.80. The maximum Gasteiger partial charge on any atom is 0.0724 e. The Bertz CT molecular complexity index is 3410. The molecule has 0 bridgehead atoms. The number of hydrogen-bond donors (Lipinski definition) is 1. The molecule has 0 fully saturated rings. The van der Waals surface area contributed by atoms with Gasteiger partial charge >= 0.3 is 0 Å². The maximum absolute atomic E-state index is 3.80. The molecule has 10 aromatic carbocycles. The molecule has 1 atom stereocenters. The van der Waals surface area contributed by atoms with Gasteiger partial charge in [-0.1, -0.05) is 158 Å². The summed E-state index contributed by atoms with van der Waals surface area (Å²) in [6.07, 6.45) is 4.87. The average molecular weight is 913 g/mol. The Labute approximate surface area is 417 Å². The lowest BCUT2D eigenvalue weighted by atomic mass is 9.70. The molecule has 1 unspecified atom stereocenters. The fourth-order valence-corrected chi connectivity index (χ4v) is 11.1. The zero-order valence-electron chi connectivity index (χ0n) is 39.6. The van der Waals surface area contributed by atoms with Crippen molar-refractivity contribution in [2.45, 2.75) is 12.3 Å². The second kappa shape index (κ2) is 18.8. The lowest BCUT2D eigenvalue weighted by molar-refractivity contribution is 0.792. The van der Waals surface area contributed by atoms with Crippen molar-refractivity contribution in [1.82, 2.24) is 0 Å². The van der Waals surface area contributed by atoms with Crippen LogP contribution < -0.4 is 20.0 Å². The summed E-state index contributed by atoms with van der Waals surface area (Å²) in [4.78, 5) is 7.20. The largest absolute Gasteiger partial charge is 0.356 e. The van der Waals surface area contributed by atoms with E-state index in [0.29, 0.717) is 6.54 Å². The highest BCUT2D eigenvalue weighted by molar-refractivity contribution is 6.02. The third kappa shape index (κ3) is 7.76. The fourth-order valence-electron chi connectivity index (χ4n) is 11.1. The molecule has 1 spiro atoms. The van der Waals surface area contributed by atoms with E-state index in [4.69, 9.17) is 0 Å². The van der Waals surface area contributed by atoms with Gasteiger partial charge in [0.05, 0.1) is 5.41 Å². The predicted octanol–water partition coefficient (Wildman–Crippen LogP) is 17.9. The zero-order chi connectivity index (χ0) is 47.6. The van der Waals surface area contributed by atoms with Crippen LogP contribution in [0, 0.1) is 0 Å². The summed E-state index contributed by atoms with van der Waals surface area (Å²) < 4.78 is 0. The molecule has 0 heterocycles. The monoisotopic (exact) mass is 912 g/mol. The Morgan fingerprint density at radius 1 is 0.352 bits per heavy atom. The SMILES string of the molecule is C/C=C1\C(=C/CN(c2ccccc2)c2ccccc2)c2ccc(N(c3ccccc3)c3ccccc3)cc2C12c1cc(Nc3ccccc3)ccc1-c1ccc(N(c3ccccc3)c3ccccc3)cc12. The minimum atomic E-state index is -0.719. The summed E-state index contributed by atoms with van der Waals surface area (Å²) in [5, 5.41) is 3.80. The Hall–Kier alpha value is -9.12. The molecule has 4 nitrogen and oxygen atoms in total. The van der Waals surface area contributed by atoms with E-state index in [1.165, 1.54) is 44.5 Å². The number of benzene rings is 10. The van der Waals surface area contributed by atoms with Gasteiger partial charge in [-0.05, 0) is 173 Å². The number of allylic oxidation sites excluding steroid dienone is 3. The molecule has 10 aromatic rings. The van der Waals surface area contributed by atoms with Crippen LogP contribution in [0.25, 0.3) is 16.7 Å². The Morgan fingerprint density at radius 3 is 1.15 bits per heavy atom. The third-order valence-electron chi connectivity index (χ3n) is 14.1. The average Bonchev–Trinajstić information content (AvgIpc) is 3.88. The van der Waals surface area contributed by atoms with Crippen LogP contribution in [0.1, 0.15) is 29.2 Å². The first kappa shape index (κ1) is 43.2. The minimum Gasteiger partial charge on any atom is -0.356 e. The summed E-state index contributed by atoms with van der Waals surface area (Å²) in [6.45, 7) is 2.89. The van der Waals surface area contributed by atoms with Crippen LogP contribution >= 0.6 is 0 Å². The van der Waals surface area contributed by atoms with Crippen LogP contribution in [-0.4, -0.2) is 6.54 Å². The summed E-state index contributed by atoms with van der Waals surface area (Å²) in [6, 6.07) is 96.4.